The van der Waals surface area contributed by atoms with E-state index in [0.717, 1.165) is 17.5 Å². The fraction of sp³-hybridized carbons (Fsp3) is 0.426. The van der Waals surface area contributed by atoms with Crippen LogP contribution in [0.25, 0.3) is 10.9 Å². The number of H-pyrrole nitrogens is 1. The zero-order chi connectivity index (χ0) is 46.1. The Bertz CT molecular complexity index is 2340. The second kappa shape index (κ2) is 23.6. The molecule has 0 unspecified atom stereocenters. The highest BCUT2D eigenvalue weighted by Crippen LogP contribution is 2.42. The van der Waals surface area contributed by atoms with E-state index < -0.39 is 11.8 Å². The number of alkyl halides is 3. The highest BCUT2D eigenvalue weighted by Gasteiger charge is 2.65. The zero-order valence-corrected chi connectivity index (χ0v) is 36.4. The number of nitrogens with one attached hydrogen (secondary N) is 4. The van der Waals surface area contributed by atoms with Crippen LogP contribution in [0.15, 0.2) is 83.4 Å². The Morgan fingerprint density at radius 3 is 2.29 bits per heavy atom. The summed E-state index contributed by atoms with van der Waals surface area (Å²) in [7, 11) is 1.74. The summed E-state index contributed by atoms with van der Waals surface area (Å²) in [6, 6.07) is 20.8. The van der Waals surface area contributed by atoms with Gasteiger partial charge in [-0.2, -0.15) is 13.2 Å². The van der Waals surface area contributed by atoms with Crippen LogP contribution in [0.2, 0.25) is 0 Å². The fourth-order valence-corrected chi connectivity index (χ4v) is 7.04. The number of amides is 3. The fourth-order valence-electron chi connectivity index (χ4n) is 7.04. The molecule has 0 bridgehead atoms. The molecule has 2 aromatic heterocycles. The topological polar surface area (TPSA) is 196 Å². The largest absolute Gasteiger partial charge is 0.494 e. The molecule has 65 heavy (non-hydrogen) atoms. The van der Waals surface area contributed by atoms with Crippen molar-refractivity contribution in [2.75, 3.05) is 59.7 Å². The van der Waals surface area contributed by atoms with Gasteiger partial charge in [-0.25, -0.2) is 10.9 Å². The lowest BCUT2D eigenvalue weighted by atomic mass is 10.0. The van der Waals surface area contributed by atoms with Crippen LogP contribution in [0.5, 0.6) is 5.75 Å². The molecule has 1 aliphatic heterocycles. The van der Waals surface area contributed by atoms with Crippen LogP contribution in [-0.4, -0.2) is 109 Å². The molecule has 3 amide bonds. The molecule has 346 valence electrons. The van der Waals surface area contributed by atoms with Gasteiger partial charge in [0, 0.05) is 88.0 Å². The Morgan fingerprint density at radius 1 is 0.846 bits per heavy atom. The Kier molecular flexibility index (Phi) is 17.5. The number of terminal acetylenes is 1. The number of benzene rings is 3. The molecule has 1 saturated heterocycles. The lowest BCUT2D eigenvalue weighted by molar-refractivity contribution is -0.165. The van der Waals surface area contributed by atoms with Crippen molar-refractivity contribution in [3.8, 4) is 18.1 Å². The van der Waals surface area contributed by atoms with Gasteiger partial charge in [-0.05, 0) is 66.3 Å². The highest BCUT2D eigenvalue weighted by molar-refractivity contribution is 5.94. The standard InChI is InChI=1S/C47H55F3N8O7/c1-3-4-5-11-41(59)51-24-28-62-30-31-63-29-26-58(45(61)35-14-17-37(18-15-35)46(55-56-46)47(48,49)50)25-8-27-64-38-19-12-34(13-20-38)33-57(2)44(60)23-22-43-54-53-42(65-43)21-16-36-32-52-40-10-7-6-9-39(36)40/h1,6-7,9-10,12-15,17-20,32,52,55-56H,4-5,8,11,16,21-31,33H2,2H3,(H,51,59). The van der Waals surface area contributed by atoms with E-state index in [1.807, 2.05) is 48.7 Å². The van der Waals surface area contributed by atoms with Crippen molar-refractivity contribution in [1.29, 1.82) is 0 Å². The number of aromatic nitrogens is 3. The maximum absolute atomic E-state index is 13.6. The van der Waals surface area contributed by atoms with Crippen molar-refractivity contribution in [2.45, 2.75) is 69.8 Å². The molecule has 5 aromatic rings. The number of hydrogen-bond donors (Lipinski definition) is 4. The van der Waals surface area contributed by atoms with Gasteiger partial charge in [0.2, 0.25) is 29.3 Å². The van der Waals surface area contributed by atoms with Crippen LogP contribution in [-0.2, 0) is 50.5 Å². The minimum Gasteiger partial charge on any atom is -0.494 e. The van der Waals surface area contributed by atoms with E-state index >= 15 is 0 Å². The number of fused-ring (bicyclic) bond motifs is 1. The Balaban J connectivity index is 0.908. The minimum absolute atomic E-state index is 0.0549. The molecule has 18 heteroatoms. The lowest BCUT2D eigenvalue weighted by Gasteiger charge is -2.23. The average Bonchev–Trinajstić information content (AvgIpc) is 3.86. The van der Waals surface area contributed by atoms with Crippen LogP contribution < -0.4 is 20.9 Å². The summed E-state index contributed by atoms with van der Waals surface area (Å²) in [6.45, 7) is 2.57. The van der Waals surface area contributed by atoms with Crippen molar-refractivity contribution in [3.05, 3.63) is 113 Å². The van der Waals surface area contributed by atoms with Gasteiger partial charge >= 0.3 is 6.18 Å². The monoisotopic (exact) mass is 900 g/mol. The number of aryl methyl sites for hydroxylation is 3. The van der Waals surface area contributed by atoms with Crippen molar-refractivity contribution >= 4 is 28.6 Å². The third kappa shape index (κ3) is 14.1. The molecule has 15 nitrogen and oxygen atoms in total. The SMILES string of the molecule is C#CCCCC(=O)NCCOCCOCCN(CCCOc1ccc(CN(C)C(=O)CCc2nnc(CCc3c[nH]c4ccccc34)o2)cc1)C(=O)c1ccc(C2(C(F)(F)F)NN2)cc1. The second-order valence-electron chi connectivity index (χ2n) is 15.5. The van der Waals surface area contributed by atoms with Crippen molar-refractivity contribution in [2.24, 2.45) is 0 Å². The second-order valence-corrected chi connectivity index (χ2v) is 15.5. The summed E-state index contributed by atoms with van der Waals surface area (Å²) in [5, 5.41) is 12.2. The van der Waals surface area contributed by atoms with Crippen LogP contribution in [0, 0.1) is 12.3 Å². The van der Waals surface area contributed by atoms with E-state index in [-0.39, 0.29) is 74.8 Å². The third-order valence-electron chi connectivity index (χ3n) is 10.8. The first-order valence-electron chi connectivity index (χ1n) is 21.6. The summed E-state index contributed by atoms with van der Waals surface area (Å²) < 4.78 is 63.9. The van der Waals surface area contributed by atoms with Crippen molar-refractivity contribution in [1.82, 2.24) is 41.1 Å². The van der Waals surface area contributed by atoms with E-state index in [1.165, 1.54) is 35.2 Å². The van der Waals surface area contributed by atoms with E-state index in [4.69, 9.17) is 25.1 Å². The molecule has 3 aromatic carbocycles. The molecule has 0 radical (unpaired) electrons. The summed E-state index contributed by atoms with van der Waals surface area (Å²) in [4.78, 5) is 44.8. The number of halogens is 3. The maximum atomic E-state index is 13.6. The number of carbonyl (C=O) groups is 3. The van der Waals surface area contributed by atoms with Crippen molar-refractivity contribution in [3.63, 3.8) is 0 Å². The molecule has 0 aliphatic carbocycles. The first kappa shape index (κ1) is 48.2. The molecule has 0 saturated carbocycles. The highest BCUT2D eigenvalue weighted by atomic mass is 19.4. The van der Waals surface area contributed by atoms with Gasteiger partial charge in [0.1, 0.15) is 5.75 Å². The normalized spacial score (nSPS) is 13.0. The van der Waals surface area contributed by atoms with E-state index in [9.17, 15) is 27.6 Å². The lowest BCUT2D eigenvalue weighted by Crippen LogP contribution is -2.36. The smallest absolute Gasteiger partial charge is 0.426 e. The summed E-state index contributed by atoms with van der Waals surface area (Å²) in [5.41, 5.74) is 5.35. The summed E-state index contributed by atoms with van der Waals surface area (Å²) in [6.07, 6.45) is 6.54. The maximum Gasteiger partial charge on any atom is 0.426 e. The van der Waals surface area contributed by atoms with Gasteiger partial charge in [-0.3, -0.25) is 14.4 Å². The summed E-state index contributed by atoms with van der Waals surface area (Å²) >= 11 is 0. The number of hydrogen-bond acceptors (Lipinski definition) is 11. The van der Waals surface area contributed by atoms with Gasteiger partial charge < -0.3 is 38.7 Å². The minimum atomic E-state index is -4.57. The van der Waals surface area contributed by atoms with Gasteiger partial charge in [-0.15, -0.1) is 22.5 Å². The Morgan fingerprint density at radius 2 is 1.57 bits per heavy atom. The first-order chi connectivity index (χ1) is 31.5. The number of hydrazine groups is 1. The summed E-state index contributed by atoms with van der Waals surface area (Å²) in [5.74, 6) is 3.55. The quantitative estimate of drug-likeness (QED) is 0.0291. The molecule has 3 heterocycles. The Labute approximate surface area is 375 Å². The zero-order valence-electron chi connectivity index (χ0n) is 36.4. The number of carbonyl (C=O) groups excluding carboxylic acids is 3. The first-order valence-corrected chi connectivity index (χ1v) is 21.6. The van der Waals surface area contributed by atoms with E-state index in [2.05, 4.69) is 43.3 Å². The van der Waals surface area contributed by atoms with Gasteiger partial charge in [-0.1, -0.05) is 42.5 Å². The van der Waals surface area contributed by atoms with Crippen LogP contribution in [0.4, 0.5) is 13.2 Å². The van der Waals surface area contributed by atoms with E-state index in [0.29, 0.717) is 75.8 Å². The molecule has 4 N–H and O–H groups in total. The molecular formula is C47H55F3N8O7. The predicted molar refractivity (Wildman–Crippen MR) is 235 cm³/mol. The van der Waals surface area contributed by atoms with Gasteiger partial charge in [0.05, 0.1) is 33.0 Å². The van der Waals surface area contributed by atoms with Crippen LogP contribution in [0.3, 0.4) is 0 Å². The number of para-hydroxylation sites is 1. The molecule has 1 fully saturated rings. The number of rotatable bonds is 27. The molecule has 0 atom stereocenters. The van der Waals surface area contributed by atoms with Gasteiger partial charge in [0.25, 0.3) is 5.91 Å². The third-order valence-corrected chi connectivity index (χ3v) is 10.8. The molecule has 0 spiro atoms. The number of ether oxygens (including phenoxy) is 3. The average molecular weight is 901 g/mol. The Hall–Kier alpha value is -6.26. The van der Waals surface area contributed by atoms with E-state index in [1.54, 1.807) is 16.8 Å². The number of unbranched alkanes of at least 4 members (excludes halogenated alkanes) is 1. The molecule has 1 aliphatic rings. The van der Waals surface area contributed by atoms with Gasteiger partial charge in [0.15, 0.2) is 0 Å². The number of nitrogens with zero attached hydrogens (tertiary/aromatic N) is 4. The molecular weight excluding hydrogens is 846 g/mol. The number of aromatic amines is 1. The van der Waals surface area contributed by atoms with Crippen LogP contribution in [0.1, 0.15) is 70.9 Å². The van der Waals surface area contributed by atoms with Crippen molar-refractivity contribution < 1.29 is 46.2 Å². The predicted octanol–water partition coefficient (Wildman–Crippen LogP) is 5.61. The van der Waals surface area contributed by atoms with Crippen LogP contribution >= 0.6 is 0 Å². The molecule has 6 rings (SSSR count).